The normalized spacial score (nSPS) is 31.0. The van der Waals surface area contributed by atoms with Gasteiger partial charge in [0, 0.05) is 0 Å². The Morgan fingerprint density at radius 2 is 1.57 bits per heavy atom. The lowest BCUT2D eigenvalue weighted by atomic mass is 9.92. The minimum Gasteiger partial charge on any atom is -0.333 e. The molecule has 126 valence electrons. The molecule has 2 saturated heterocycles. The van der Waals surface area contributed by atoms with Crippen molar-refractivity contribution in [1.82, 2.24) is 9.13 Å². The van der Waals surface area contributed by atoms with Crippen molar-refractivity contribution in [2.75, 3.05) is 0 Å². The molecule has 2 aliphatic heterocycles. The predicted octanol–water partition coefficient (Wildman–Crippen LogP) is 4.07. The van der Waals surface area contributed by atoms with Gasteiger partial charge in [-0.1, -0.05) is 56.5 Å². The van der Waals surface area contributed by atoms with E-state index < -0.39 is 16.5 Å². The summed E-state index contributed by atoms with van der Waals surface area (Å²) in [6.45, 7) is 14.2. The second-order valence-electron chi connectivity index (χ2n) is 8.51. The highest BCUT2D eigenvalue weighted by Crippen LogP contribution is 2.44. The van der Waals surface area contributed by atoms with Gasteiger partial charge in [-0.05, 0) is 31.5 Å². The second-order valence-corrected chi connectivity index (χ2v) is 18.2. The molecule has 0 aromatic heterocycles. The van der Waals surface area contributed by atoms with Crippen LogP contribution in [-0.2, 0) is 4.79 Å². The molecule has 0 spiro atoms. The number of β-lactam (4-membered cyclic amide) rings is 1. The molecule has 3 rings (SSSR count). The molecule has 2 aliphatic rings. The number of hydrogen-bond donors (Lipinski definition) is 0. The maximum atomic E-state index is 13.1. The first-order chi connectivity index (χ1) is 10.7. The van der Waals surface area contributed by atoms with E-state index in [2.05, 4.69) is 73.4 Å². The van der Waals surface area contributed by atoms with Crippen LogP contribution in [0.5, 0.6) is 0 Å². The molecule has 0 bridgehead atoms. The summed E-state index contributed by atoms with van der Waals surface area (Å²) in [4.78, 5) is 15.2. The lowest BCUT2D eigenvalue weighted by Crippen LogP contribution is -2.76. The number of likely N-dealkylation sites (tertiary alicyclic amines) is 1. The first kappa shape index (κ1) is 16.9. The monoisotopic (exact) mass is 346 g/mol. The SMILES string of the molecule is CC(c1ccccc1)N1C(=O)C(N2[Si](C)(C)CC[Si]2(C)C)C1C. The van der Waals surface area contributed by atoms with Crippen LogP contribution in [0.15, 0.2) is 30.3 Å². The van der Waals surface area contributed by atoms with Gasteiger partial charge in [0.1, 0.15) is 16.5 Å². The Kier molecular flexibility index (Phi) is 4.10. The Bertz CT molecular complexity index is 586. The van der Waals surface area contributed by atoms with Crippen LogP contribution in [0.3, 0.4) is 0 Å². The highest BCUT2D eigenvalue weighted by atomic mass is 28.4. The van der Waals surface area contributed by atoms with Gasteiger partial charge in [-0.3, -0.25) is 4.79 Å². The highest BCUT2D eigenvalue weighted by Gasteiger charge is 2.59. The van der Waals surface area contributed by atoms with Gasteiger partial charge in [-0.2, -0.15) is 0 Å². The molecule has 0 saturated carbocycles. The van der Waals surface area contributed by atoms with Crippen LogP contribution < -0.4 is 0 Å². The molecule has 5 heteroatoms. The quantitative estimate of drug-likeness (QED) is 0.608. The molecular formula is C18H30N2OSi2. The van der Waals surface area contributed by atoms with Gasteiger partial charge in [0.2, 0.25) is 5.91 Å². The molecule has 0 aliphatic carbocycles. The van der Waals surface area contributed by atoms with Crippen LogP contribution in [0.25, 0.3) is 0 Å². The maximum Gasteiger partial charge on any atom is 0.241 e. The fraction of sp³-hybridized carbons (Fsp3) is 0.611. The van der Waals surface area contributed by atoms with E-state index in [0.717, 1.165) is 0 Å². The molecule has 23 heavy (non-hydrogen) atoms. The first-order valence-electron chi connectivity index (χ1n) is 8.83. The molecule has 2 heterocycles. The molecule has 3 atom stereocenters. The fourth-order valence-electron chi connectivity index (χ4n) is 4.82. The zero-order chi connectivity index (χ0) is 17.0. The zero-order valence-electron chi connectivity index (χ0n) is 15.3. The largest absolute Gasteiger partial charge is 0.333 e. The van der Waals surface area contributed by atoms with E-state index >= 15 is 0 Å². The number of nitrogens with zero attached hydrogens (tertiary/aromatic N) is 2. The Labute approximate surface area is 142 Å². The summed E-state index contributed by atoms with van der Waals surface area (Å²) in [6, 6.07) is 13.8. The lowest BCUT2D eigenvalue weighted by Gasteiger charge is -2.57. The van der Waals surface area contributed by atoms with Gasteiger partial charge in [-0.25, -0.2) is 0 Å². The maximum absolute atomic E-state index is 13.1. The predicted molar refractivity (Wildman–Crippen MR) is 101 cm³/mol. The van der Waals surface area contributed by atoms with Crippen molar-refractivity contribution < 1.29 is 4.79 Å². The van der Waals surface area contributed by atoms with Crippen LogP contribution >= 0.6 is 0 Å². The molecular weight excluding hydrogens is 316 g/mol. The molecule has 3 nitrogen and oxygen atoms in total. The van der Waals surface area contributed by atoms with E-state index in [1.165, 1.54) is 17.7 Å². The smallest absolute Gasteiger partial charge is 0.241 e. The molecule has 1 aromatic rings. The van der Waals surface area contributed by atoms with Crippen LogP contribution in [0.2, 0.25) is 38.3 Å². The van der Waals surface area contributed by atoms with Gasteiger partial charge in [0.15, 0.2) is 0 Å². The van der Waals surface area contributed by atoms with E-state index in [1.807, 2.05) is 6.07 Å². The van der Waals surface area contributed by atoms with Crippen molar-refractivity contribution in [3.8, 4) is 0 Å². The number of rotatable bonds is 3. The van der Waals surface area contributed by atoms with E-state index in [-0.39, 0.29) is 12.1 Å². The second kappa shape index (κ2) is 5.57. The van der Waals surface area contributed by atoms with Crippen molar-refractivity contribution in [3.05, 3.63) is 35.9 Å². The van der Waals surface area contributed by atoms with Crippen molar-refractivity contribution in [2.45, 2.75) is 70.2 Å². The summed E-state index contributed by atoms with van der Waals surface area (Å²) >= 11 is 0. The molecule has 2 fully saturated rings. The molecule has 0 N–H and O–H groups in total. The summed E-state index contributed by atoms with van der Waals surface area (Å²) in [5.41, 5.74) is 1.24. The van der Waals surface area contributed by atoms with Crippen molar-refractivity contribution in [3.63, 3.8) is 0 Å². The van der Waals surface area contributed by atoms with Gasteiger partial charge in [0.05, 0.1) is 18.1 Å². The summed E-state index contributed by atoms with van der Waals surface area (Å²) in [7, 11) is -2.83. The van der Waals surface area contributed by atoms with Crippen LogP contribution in [-0.4, -0.2) is 43.6 Å². The van der Waals surface area contributed by atoms with Gasteiger partial charge < -0.3 is 9.13 Å². The third-order valence-electron chi connectivity index (χ3n) is 6.03. The number of carbonyl (C=O) groups is 1. The van der Waals surface area contributed by atoms with E-state index in [0.29, 0.717) is 11.9 Å². The Morgan fingerprint density at radius 3 is 2.04 bits per heavy atom. The van der Waals surface area contributed by atoms with Crippen LogP contribution in [0.1, 0.15) is 25.5 Å². The number of hydrogen-bond acceptors (Lipinski definition) is 2. The van der Waals surface area contributed by atoms with Crippen molar-refractivity contribution >= 4 is 22.4 Å². The third-order valence-corrected chi connectivity index (χ3v) is 16.3. The Morgan fingerprint density at radius 1 is 1.04 bits per heavy atom. The summed E-state index contributed by atoms with van der Waals surface area (Å²) in [5, 5.41) is 0. The van der Waals surface area contributed by atoms with Gasteiger partial charge in [0.25, 0.3) is 0 Å². The van der Waals surface area contributed by atoms with Crippen LogP contribution in [0.4, 0.5) is 0 Å². The third kappa shape index (κ3) is 2.63. The van der Waals surface area contributed by atoms with Gasteiger partial charge >= 0.3 is 0 Å². The van der Waals surface area contributed by atoms with Crippen LogP contribution in [0, 0.1) is 0 Å². The standard InChI is InChI=1S/C18H30N2OSi2/c1-14(16-10-8-7-9-11-16)19-15(2)17(18(19)21)20-22(3,4)12-13-23(20,5)6/h7-11,14-15,17H,12-13H2,1-6H3. The number of carbonyl (C=O) groups excluding carboxylic acids is 1. The fourth-order valence-corrected chi connectivity index (χ4v) is 19.6. The number of benzene rings is 1. The summed E-state index contributed by atoms with van der Waals surface area (Å²) < 4.78 is 2.77. The molecule has 3 unspecified atom stereocenters. The molecule has 1 amide bonds. The molecule has 0 radical (unpaired) electrons. The van der Waals surface area contributed by atoms with Crippen molar-refractivity contribution in [1.29, 1.82) is 0 Å². The first-order valence-corrected chi connectivity index (χ1v) is 15.1. The summed E-state index contributed by atoms with van der Waals surface area (Å²) in [6.07, 6.45) is 0. The van der Waals surface area contributed by atoms with Crippen molar-refractivity contribution in [2.24, 2.45) is 0 Å². The van der Waals surface area contributed by atoms with E-state index in [1.54, 1.807) is 0 Å². The average Bonchev–Trinajstić information content (AvgIpc) is 2.71. The van der Waals surface area contributed by atoms with E-state index in [9.17, 15) is 4.79 Å². The Balaban J connectivity index is 1.83. The topological polar surface area (TPSA) is 23.6 Å². The Hall–Kier alpha value is -0.916. The molecule has 1 aromatic carbocycles. The lowest BCUT2D eigenvalue weighted by molar-refractivity contribution is -0.156. The number of amides is 1. The van der Waals surface area contributed by atoms with Gasteiger partial charge in [-0.15, -0.1) is 0 Å². The summed E-state index contributed by atoms with van der Waals surface area (Å²) in [5.74, 6) is 0.358. The minimum absolute atomic E-state index is 0.145. The highest BCUT2D eigenvalue weighted by molar-refractivity contribution is 6.95. The zero-order valence-corrected chi connectivity index (χ0v) is 17.3. The van der Waals surface area contributed by atoms with E-state index in [4.69, 9.17) is 0 Å². The average molecular weight is 347 g/mol. The minimum atomic E-state index is -1.42.